The first-order valence-corrected chi connectivity index (χ1v) is 5.39. The van der Waals surface area contributed by atoms with E-state index in [0.29, 0.717) is 17.0 Å². The third-order valence-corrected chi connectivity index (χ3v) is 2.58. The minimum absolute atomic E-state index is 0.309. The summed E-state index contributed by atoms with van der Waals surface area (Å²) in [7, 11) is 0. The van der Waals surface area contributed by atoms with Gasteiger partial charge in [0.25, 0.3) is 0 Å². The number of nitrogens with one attached hydrogen (secondary N) is 1. The van der Waals surface area contributed by atoms with Crippen molar-refractivity contribution >= 4 is 15.9 Å². The fourth-order valence-corrected chi connectivity index (χ4v) is 1.77. The van der Waals surface area contributed by atoms with Crippen molar-refractivity contribution in [1.82, 2.24) is 9.97 Å². The topological polar surface area (TPSA) is 45.8 Å². The highest BCUT2D eigenvalue weighted by Crippen LogP contribution is 2.24. The molecular weight excluding hydrogens is 275 g/mol. The molecule has 3 nitrogen and oxygen atoms in total. The molecule has 0 amide bonds. The second-order valence-corrected chi connectivity index (χ2v) is 4.29. The Morgan fingerprint density at radius 1 is 1.38 bits per heavy atom. The predicted octanol–water partition coefficient (Wildman–Crippen LogP) is 2.65. The molecule has 0 atom stereocenters. The molecule has 0 spiro atoms. The van der Waals surface area contributed by atoms with Crippen molar-refractivity contribution in [2.75, 3.05) is 0 Å². The molecule has 1 N–H and O–H groups in total. The second kappa shape index (κ2) is 4.17. The second-order valence-electron chi connectivity index (χ2n) is 3.38. The molecule has 1 aromatic heterocycles. The van der Waals surface area contributed by atoms with E-state index in [0.717, 1.165) is 4.47 Å². The lowest BCUT2D eigenvalue weighted by Gasteiger charge is -2.03. The van der Waals surface area contributed by atoms with Gasteiger partial charge in [0.2, 0.25) is 0 Å². The quantitative estimate of drug-likeness (QED) is 0.874. The van der Waals surface area contributed by atoms with Gasteiger partial charge in [-0.25, -0.2) is 9.18 Å². The average molecular weight is 283 g/mol. The van der Waals surface area contributed by atoms with Crippen molar-refractivity contribution in [3.05, 3.63) is 50.7 Å². The Bertz CT molecular complexity index is 595. The van der Waals surface area contributed by atoms with Crippen molar-refractivity contribution < 1.29 is 4.39 Å². The van der Waals surface area contributed by atoms with Crippen molar-refractivity contribution in [3.8, 4) is 11.3 Å². The Morgan fingerprint density at radius 2 is 2.12 bits per heavy atom. The maximum atomic E-state index is 13.5. The molecule has 0 unspecified atom stereocenters. The number of nitrogens with zero attached hydrogens (tertiary/aromatic N) is 1. The Morgan fingerprint density at radius 3 is 2.81 bits per heavy atom. The van der Waals surface area contributed by atoms with Gasteiger partial charge < -0.3 is 4.98 Å². The van der Waals surface area contributed by atoms with Crippen LogP contribution >= 0.6 is 15.9 Å². The number of hydrogen-bond acceptors (Lipinski definition) is 2. The van der Waals surface area contributed by atoms with E-state index in [1.54, 1.807) is 25.1 Å². The molecular formula is C11H8BrFN2O. The Hall–Kier alpha value is -1.49. The number of hydrogen-bond donors (Lipinski definition) is 1. The Kier molecular flexibility index (Phi) is 2.87. The van der Waals surface area contributed by atoms with Crippen molar-refractivity contribution in [3.63, 3.8) is 0 Å². The van der Waals surface area contributed by atoms with Gasteiger partial charge in [0.05, 0.1) is 5.69 Å². The van der Waals surface area contributed by atoms with Crippen LogP contribution in [0.25, 0.3) is 11.3 Å². The van der Waals surface area contributed by atoms with E-state index >= 15 is 0 Å². The summed E-state index contributed by atoms with van der Waals surface area (Å²) in [6.07, 6.45) is 0. The molecule has 0 fully saturated rings. The molecule has 2 aromatic rings. The summed E-state index contributed by atoms with van der Waals surface area (Å²) in [5, 5.41) is 0. The van der Waals surface area contributed by atoms with Crippen LogP contribution in [0.15, 0.2) is 33.5 Å². The molecule has 0 bridgehead atoms. The Labute approximate surface area is 99.5 Å². The molecule has 16 heavy (non-hydrogen) atoms. The van der Waals surface area contributed by atoms with Crippen LogP contribution < -0.4 is 5.69 Å². The summed E-state index contributed by atoms with van der Waals surface area (Å²) < 4.78 is 14.3. The van der Waals surface area contributed by atoms with Gasteiger partial charge in [-0.2, -0.15) is 4.98 Å². The fraction of sp³-hybridized carbons (Fsp3) is 0.0909. The largest absolute Gasteiger partial charge is 0.345 e. The molecule has 0 aliphatic carbocycles. The van der Waals surface area contributed by atoms with E-state index in [-0.39, 0.29) is 0 Å². The van der Waals surface area contributed by atoms with Crippen LogP contribution in [0.1, 0.15) is 5.69 Å². The van der Waals surface area contributed by atoms with E-state index in [4.69, 9.17) is 0 Å². The first-order valence-electron chi connectivity index (χ1n) is 4.59. The molecule has 82 valence electrons. The highest BCUT2D eigenvalue weighted by atomic mass is 79.9. The van der Waals surface area contributed by atoms with Gasteiger partial charge in [0, 0.05) is 15.7 Å². The lowest BCUT2D eigenvalue weighted by molar-refractivity contribution is 0.630. The van der Waals surface area contributed by atoms with Crippen LogP contribution in [-0.2, 0) is 0 Å². The molecule has 1 aromatic carbocycles. The highest BCUT2D eigenvalue weighted by molar-refractivity contribution is 9.10. The molecule has 5 heteroatoms. The lowest BCUT2D eigenvalue weighted by atomic mass is 10.1. The molecule has 0 saturated carbocycles. The van der Waals surface area contributed by atoms with Gasteiger partial charge in [0.15, 0.2) is 0 Å². The van der Waals surface area contributed by atoms with E-state index in [1.165, 1.54) is 6.07 Å². The average Bonchev–Trinajstić information content (AvgIpc) is 2.20. The maximum Gasteiger partial charge on any atom is 0.345 e. The zero-order valence-electron chi connectivity index (χ0n) is 8.42. The van der Waals surface area contributed by atoms with Gasteiger partial charge in [-0.3, -0.25) is 0 Å². The van der Waals surface area contributed by atoms with Gasteiger partial charge >= 0.3 is 5.69 Å². The number of halogens is 2. The predicted molar refractivity (Wildman–Crippen MR) is 62.7 cm³/mol. The smallest absolute Gasteiger partial charge is 0.310 e. The standard InChI is InChI=1S/C11H8BrFN2O/c1-6-4-10(15-11(16)14-6)8-5-7(12)2-3-9(8)13/h2-5H,1H3,(H,14,15,16). The SMILES string of the molecule is Cc1cc(-c2cc(Br)ccc2F)nc(=O)[nH]1. The van der Waals surface area contributed by atoms with E-state index < -0.39 is 11.5 Å². The summed E-state index contributed by atoms with van der Waals surface area (Å²) in [4.78, 5) is 17.4. The fourth-order valence-electron chi connectivity index (χ4n) is 1.41. The molecule has 0 saturated heterocycles. The molecule has 0 radical (unpaired) electrons. The van der Waals surface area contributed by atoms with E-state index in [9.17, 15) is 9.18 Å². The number of aryl methyl sites for hydroxylation is 1. The third-order valence-electron chi connectivity index (χ3n) is 2.08. The van der Waals surface area contributed by atoms with Crippen molar-refractivity contribution in [2.45, 2.75) is 6.92 Å². The van der Waals surface area contributed by atoms with Crippen LogP contribution in [0.5, 0.6) is 0 Å². The third kappa shape index (κ3) is 2.19. The zero-order chi connectivity index (χ0) is 11.7. The zero-order valence-corrected chi connectivity index (χ0v) is 10.0. The molecule has 0 aliphatic heterocycles. The van der Waals surface area contributed by atoms with Gasteiger partial charge in [0.1, 0.15) is 5.82 Å². The lowest BCUT2D eigenvalue weighted by Crippen LogP contribution is -2.12. The highest BCUT2D eigenvalue weighted by Gasteiger charge is 2.08. The van der Waals surface area contributed by atoms with Crippen molar-refractivity contribution in [1.29, 1.82) is 0 Å². The summed E-state index contributed by atoms with van der Waals surface area (Å²) in [6.45, 7) is 1.72. The van der Waals surface area contributed by atoms with Crippen LogP contribution in [0.2, 0.25) is 0 Å². The molecule has 2 rings (SSSR count). The number of aromatic nitrogens is 2. The van der Waals surface area contributed by atoms with Crippen LogP contribution in [0.3, 0.4) is 0 Å². The number of rotatable bonds is 1. The maximum absolute atomic E-state index is 13.5. The van der Waals surface area contributed by atoms with E-state index in [2.05, 4.69) is 25.9 Å². The first-order chi connectivity index (χ1) is 7.56. The first kappa shape index (κ1) is 11.0. The van der Waals surface area contributed by atoms with Crippen LogP contribution in [0.4, 0.5) is 4.39 Å². The van der Waals surface area contributed by atoms with E-state index in [1.807, 2.05) is 0 Å². The minimum Gasteiger partial charge on any atom is -0.310 e. The van der Waals surface area contributed by atoms with Crippen molar-refractivity contribution in [2.24, 2.45) is 0 Å². The summed E-state index contributed by atoms with van der Waals surface area (Å²) in [6, 6.07) is 6.15. The van der Waals surface area contributed by atoms with Gasteiger partial charge in [-0.1, -0.05) is 15.9 Å². The normalized spacial score (nSPS) is 10.4. The molecule has 0 aliphatic rings. The van der Waals surface area contributed by atoms with Gasteiger partial charge in [-0.15, -0.1) is 0 Å². The summed E-state index contributed by atoms with van der Waals surface area (Å²) in [5.41, 5.74) is 0.812. The van der Waals surface area contributed by atoms with Crippen LogP contribution in [-0.4, -0.2) is 9.97 Å². The van der Waals surface area contributed by atoms with Crippen LogP contribution in [0, 0.1) is 12.7 Å². The molecule has 1 heterocycles. The minimum atomic E-state index is -0.477. The number of benzene rings is 1. The van der Waals surface area contributed by atoms with Gasteiger partial charge in [-0.05, 0) is 31.2 Å². The Balaban J connectivity index is 2.66. The number of H-pyrrole nitrogens is 1. The summed E-state index contributed by atoms with van der Waals surface area (Å²) in [5.74, 6) is -0.402. The monoisotopic (exact) mass is 282 g/mol. The number of aromatic amines is 1. The summed E-state index contributed by atoms with van der Waals surface area (Å²) >= 11 is 3.25.